The molecular formula is C8H18O4. The second kappa shape index (κ2) is 8.93. The Kier molecular flexibility index (Phi) is 8.81. The number of rotatable bonds is 8. The quantitative estimate of drug-likeness (QED) is 0.505. The number of hydrogen-bond donors (Lipinski definition) is 2. The van der Waals surface area contributed by atoms with Crippen LogP contribution in [0.4, 0.5) is 0 Å². The van der Waals surface area contributed by atoms with Crippen molar-refractivity contribution in [2.24, 2.45) is 0 Å². The maximum absolute atomic E-state index is 8.48. The van der Waals surface area contributed by atoms with Crippen molar-refractivity contribution in [3.8, 4) is 0 Å². The minimum Gasteiger partial charge on any atom is -0.394 e. The Morgan fingerprint density at radius 2 is 1.83 bits per heavy atom. The summed E-state index contributed by atoms with van der Waals surface area (Å²) in [4.78, 5) is 0. The average Bonchev–Trinajstić information content (AvgIpc) is 2.11. The summed E-state index contributed by atoms with van der Waals surface area (Å²) in [6.07, 6.45) is 0.884. The van der Waals surface area contributed by atoms with Crippen LogP contribution in [0, 0.1) is 0 Å². The summed E-state index contributed by atoms with van der Waals surface area (Å²) in [7, 11) is 0. The summed E-state index contributed by atoms with van der Waals surface area (Å²) in [5.74, 6) is 0. The molecule has 0 aromatic carbocycles. The van der Waals surface area contributed by atoms with Crippen LogP contribution >= 0.6 is 0 Å². The molecule has 1 atom stereocenters. The third-order valence-electron chi connectivity index (χ3n) is 1.44. The fourth-order valence-electron chi connectivity index (χ4n) is 0.783. The Morgan fingerprint density at radius 1 is 1.17 bits per heavy atom. The van der Waals surface area contributed by atoms with Gasteiger partial charge in [-0.05, 0) is 6.42 Å². The van der Waals surface area contributed by atoms with Gasteiger partial charge in [-0.1, -0.05) is 6.92 Å². The van der Waals surface area contributed by atoms with Crippen molar-refractivity contribution >= 4 is 0 Å². The molecule has 2 N–H and O–H groups in total. The van der Waals surface area contributed by atoms with Crippen LogP contribution < -0.4 is 0 Å². The van der Waals surface area contributed by atoms with Gasteiger partial charge >= 0.3 is 0 Å². The monoisotopic (exact) mass is 178 g/mol. The second-order valence-electron chi connectivity index (χ2n) is 2.42. The van der Waals surface area contributed by atoms with Gasteiger partial charge in [0.1, 0.15) is 0 Å². The molecule has 0 heterocycles. The number of aliphatic hydroxyl groups is 2. The van der Waals surface area contributed by atoms with Crippen molar-refractivity contribution in [1.29, 1.82) is 0 Å². The summed E-state index contributed by atoms with van der Waals surface area (Å²) >= 11 is 0. The molecule has 0 aromatic heterocycles. The summed E-state index contributed by atoms with van der Waals surface area (Å²) < 4.78 is 10.3. The van der Waals surface area contributed by atoms with Crippen LogP contribution in [0.5, 0.6) is 0 Å². The molecule has 0 bridgehead atoms. The highest BCUT2D eigenvalue weighted by Gasteiger charge is 2.05. The summed E-state index contributed by atoms with van der Waals surface area (Å²) in [6.45, 7) is 3.24. The summed E-state index contributed by atoms with van der Waals surface area (Å²) in [5.41, 5.74) is 0. The van der Waals surface area contributed by atoms with Crippen LogP contribution in [0.2, 0.25) is 0 Å². The van der Waals surface area contributed by atoms with Gasteiger partial charge in [0.15, 0.2) is 0 Å². The molecule has 0 aromatic rings. The molecule has 0 radical (unpaired) electrons. The SMILES string of the molecule is CC[C@H](COCCO)OCCO. The molecule has 0 spiro atoms. The van der Waals surface area contributed by atoms with Gasteiger partial charge in [0.2, 0.25) is 0 Å². The van der Waals surface area contributed by atoms with Crippen LogP contribution in [0.25, 0.3) is 0 Å². The highest BCUT2D eigenvalue weighted by atomic mass is 16.5. The minimum atomic E-state index is 0.0312. The molecule has 0 fully saturated rings. The smallest absolute Gasteiger partial charge is 0.0807 e. The van der Waals surface area contributed by atoms with Crippen LogP contribution in [0.1, 0.15) is 13.3 Å². The molecule has 0 aliphatic heterocycles. The van der Waals surface area contributed by atoms with E-state index >= 15 is 0 Å². The Hall–Kier alpha value is -0.160. The van der Waals surface area contributed by atoms with E-state index in [0.717, 1.165) is 6.42 Å². The zero-order chi connectivity index (χ0) is 9.23. The first-order valence-corrected chi connectivity index (χ1v) is 4.26. The predicted molar refractivity (Wildman–Crippen MR) is 45.0 cm³/mol. The van der Waals surface area contributed by atoms with E-state index in [1.807, 2.05) is 6.92 Å². The van der Waals surface area contributed by atoms with Gasteiger partial charge in [0.25, 0.3) is 0 Å². The first-order chi connectivity index (χ1) is 5.85. The number of aliphatic hydroxyl groups excluding tert-OH is 2. The van der Waals surface area contributed by atoms with Gasteiger partial charge in [0, 0.05) is 0 Å². The Balaban J connectivity index is 3.26. The maximum atomic E-state index is 8.48. The van der Waals surface area contributed by atoms with E-state index in [4.69, 9.17) is 19.7 Å². The van der Waals surface area contributed by atoms with Crippen LogP contribution in [-0.4, -0.2) is 49.4 Å². The van der Waals surface area contributed by atoms with Crippen LogP contribution in [-0.2, 0) is 9.47 Å². The molecule has 0 saturated heterocycles. The van der Waals surface area contributed by atoms with E-state index in [0.29, 0.717) is 19.8 Å². The highest BCUT2D eigenvalue weighted by molar-refractivity contribution is 4.52. The zero-order valence-electron chi connectivity index (χ0n) is 7.53. The largest absolute Gasteiger partial charge is 0.394 e. The first-order valence-electron chi connectivity index (χ1n) is 4.26. The van der Waals surface area contributed by atoms with Crippen molar-refractivity contribution in [2.45, 2.75) is 19.4 Å². The molecule has 74 valence electrons. The van der Waals surface area contributed by atoms with Gasteiger partial charge < -0.3 is 19.7 Å². The molecule has 0 aliphatic rings. The number of hydrogen-bond acceptors (Lipinski definition) is 4. The topological polar surface area (TPSA) is 58.9 Å². The van der Waals surface area contributed by atoms with E-state index in [1.165, 1.54) is 0 Å². The molecule has 4 nitrogen and oxygen atoms in total. The highest BCUT2D eigenvalue weighted by Crippen LogP contribution is 1.98. The van der Waals surface area contributed by atoms with Crippen molar-refractivity contribution in [1.82, 2.24) is 0 Å². The second-order valence-corrected chi connectivity index (χ2v) is 2.42. The Morgan fingerprint density at radius 3 is 2.33 bits per heavy atom. The van der Waals surface area contributed by atoms with E-state index in [1.54, 1.807) is 0 Å². The lowest BCUT2D eigenvalue weighted by Crippen LogP contribution is -2.21. The summed E-state index contributed by atoms with van der Waals surface area (Å²) in [6, 6.07) is 0. The first kappa shape index (κ1) is 11.8. The van der Waals surface area contributed by atoms with Crippen LogP contribution in [0.15, 0.2) is 0 Å². The normalized spacial score (nSPS) is 13.2. The van der Waals surface area contributed by atoms with Crippen molar-refractivity contribution in [3.05, 3.63) is 0 Å². The van der Waals surface area contributed by atoms with Gasteiger partial charge in [-0.25, -0.2) is 0 Å². The van der Waals surface area contributed by atoms with Gasteiger partial charge in [-0.2, -0.15) is 0 Å². The van der Waals surface area contributed by atoms with E-state index in [-0.39, 0.29) is 19.3 Å². The predicted octanol–water partition coefficient (Wildman–Crippen LogP) is -0.217. The lowest BCUT2D eigenvalue weighted by Gasteiger charge is -2.14. The van der Waals surface area contributed by atoms with Gasteiger partial charge in [-0.15, -0.1) is 0 Å². The molecule has 12 heavy (non-hydrogen) atoms. The Labute approximate surface area is 73.1 Å². The van der Waals surface area contributed by atoms with E-state index < -0.39 is 0 Å². The minimum absolute atomic E-state index is 0.0312. The fourth-order valence-corrected chi connectivity index (χ4v) is 0.783. The Bertz CT molecular complexity index is 87.1. The van der Waals surface area contributed by atoms with Gasteiger partial charge in [0.05, 0.1) is 39.1 Å². The van der Waals surface area contributed by atoms with Crippen molar-refractivity contribution in [3.63, 3.8) is 0 Å². The maximum Gasteiger partial charge on any atom is 0.0807 e. The fraction of sp³-hybridized carbons (Fsp3) is 1.00. The molecule has 4 heteroatoms. The van der Waals surface area contributed by atoms with E-state index in [9.17, 15) is 0 Å². The lowest BCUT2D eigenvalue weighted by molar-refractivity contribution is -0.0346. The third kappa shape index (κ3) is 6.54. The van der Waals surface area contributed by atoms with E-state index in [2.05, 4.69) is 0 Å². The molecular weight excluding hydrogens is 160 g/mol. The zero-order valence-corrected chi connectivity index (χ0v) is 7.53. The molecule has 0 aliphatic carbocycles. The molecule has 0 amide bonds. The van der Waals surface area contributed by atoms with Crippen LogP contribution in [0.3, 0.4) is 0 Å². The van der Waals surface area contributed by atoms with Gasteiger partial charge in [-0.3, -0.25) is 0 Å². The molecule has 0 saturated carbocycles. The molecule has 0 rings (SSSR count). The number of ether oxygens (including phenoxy) is 2. The summed E-state index contributed by atoms with van der Waals surface area (Å²) in [5, 5.41) is 16.9. The standard InChI is InChI=1S/C8H18O4/c1-2-8(12-6-4-10)7-11-5-3-9/h8-10H,2-7H2,1H3/t8-/m1/s1. The molecule has 0 unspecified atom stereocenters. The van der Waals surface area contributed by atoms with Crippen molar-refractivity contribution in [2.75, 3.05) is 33.0 Å². The third-order valence-corrected chi connectivity index (χ3v) is 1.44. The average molecular weight is 178 g/mol. The lowest BCUT2D eigenvalue weighted by atomic mass is 10.3. The van der Waals surface area contributed by atoms with Crippen molar-refractivity contribution < 1.29 is 19.7 Å².